The van der Waals surface area contributed by atoms with E-state index in [1.165, 1.54) is 6.92 Å². The first-order valence-electron chi connectivity index (χ1n) is 10.3. The van der Waals surface area contributed by atoms with Crippen molar-refractivity contribution in [1.82, 2.24) is 25.4 Å². The Morgan fingerprint density at radius 2 is 1.90 bits per heavy atom. The molecule has 3 heterocycles. The molecule has 3 N–H and O–H groups in total. The molecule has 1 aliphatic carbocycles. The minimum atomic E-state index is -0.314. The van der Waals surface area contributed by atoms with Crippen LogP contribution in [0.5, 0.6) is 0 Å². The fraction of sp³-hybridized carbons (Fsp3) is 0.524. The smallest absolute Gasteiger partial charge is 0.320 e. The molecule has 0 spiro atoms. The summed E-state index contributed by atoms with van der Waals surface area (Å²) in [6.07, 6.45) is 6.72. The molecule has 1 saturated carbocycles. The molecule has 30 heavy (non-hydrogen) atoms. The van der Waals surface area contributed by atoms with Crippen LogP contribution in [0.3, 0.4) is 0 Å². The van der Waals surface area contributed by atoms with E-state index in [2.05, 4.69) is 39.9 Å². The molecule has 9 heteroatoms. The van der Waals surface area contributed by atoms with Crippen molar-refractivity contribution in [3.05, 3.63) is 29.2 Å². The Balaban J connectivity index is 1.43. The summed E-state index contributed by atoms with van der Waals surface area (Å²) >= 11 is 6.43. The van der Waals surface area contributed by atoms with Gasteiger partial charge in [0.05, 0.1) is 11.2 Å². The zero-order valence-electron chi connectivity index (χ0n) is 17.5. The van der Waals surface area contributed by atoms with Gasteiger partial charge in [0, 0.05) is 48.6 Å². The number of halogens is 1. The highest BCUT2D eigenvalue weighted by Crippen LogP contribution is 2.39. The molecule has 1 aliphatic heterocycles. The van der Waals surface area contributed by atoms with Gasteiger partial charge in [-0.15, -0.1) is 0 Å². The van der Waals surface area contributed by atoms with Crippen molar-refractivity contribution in [1.29, 1.82) is 0 Å². The number of carbonyl (C=O) groups excluding carboxylic acids is 2. The minimum Gasteiger partial charge on any atom is -0.354 e. The third-order valence-corrected chi connectivity index (χ3v) is 6.04. The van der Waals surface area contributed by atoms with E-state index in [1.54, 1.807) is 12.3 Å². The van der Waals surface area contributed by atoms with Crippen LogP contribution >= 0.6 is 11.6 Å². The molecule has 0 saturated heterocycles. The molecule has 160 valence electrons. The predicted octanol–water partition coefficient (Wildman–Crippen LogP) is 3.36. The third kappa shape index (κ3) is 4.43. The topological polar surface area (TPSA) is 101 Å². The van der Waals surface area contributed by atoms with E-state index in [0.29, 0.717) is 10.8 Å². The lowest BCUT2D eigenvalue weighted by atomic mass is 9.89. The number of carbonyl (C=O) groups is 2. The number of aromatic nitrogens is 3. The number of anilines is 1. The molecule has 0 aromatic carbocycles. The molecule has 2 aliphatic rings. The molecule has 3 amide bonds. The number of fused-ring (bicyclic) bond motifs is 1. The lowest BCUT2D eigenvalue weighted by molar-refractivity contribution is -0.119. The number of hydrogen-bond donors (Lipinski definition) is 3. The van der Waals surface area contributed by atoms with Gasteiger partial charge in [-0.2, -0.15) is 5.10 Å². The van der Waals surface area contributed by atoms with Crippen molar-refractivity contribution in [3.8, 4) is 11.1 Å². The zero-order chi connectivity index (χ0) is 21.5. The molecular formula is C21H27ClN6O2. The number of hydrogen-bond acceptors (Lipinski definition) is 4. The first-order chi connectivity index (χ1) is 14.2. The summed E-state index contributed by atoms with van der Waals surface area (Å²) in [6.45, 7) is 6.82. The molecule has 2 aromatic rings. The Labute approximate surface area is 180 Å². The predicted molar refractivity (Wildman–Crippen MR) is 115 cm³/mol. The fourth-order valence-electron chi connectivity index (χ4n) is 4.46. The standard InChI is InChI=1S/C21H27ClN6O2/c1-12(29)25-13-4-5-14(6-13)26-20(30)27-19-7-15(17(22)10-23-19)16-9-24-28-11-21(2,3)8-18(16)28/h7,9-10,13-14H,4-6,8,11H2,1-3H3,(H,25,29)(H2,23,26,27,30)/t13-,14-/m0/s1. The van der Waals surface area contributed by atoms with Gasteiger partial charge in [-0.05, 0) is 37.2 Å². The highest BCUT2D eigenvalue weighted by atomic mass is 35.5. The van der Waals surface area contributed by atoms with Crippen LogP contribution < -0.4 is 16.0 Å². The maximum absolute atomic E-state index is 12.5. The van der Waals surface area contributed by atoms with Crippen molar-refractivity contribution in [3.63, 3.8) is 0 Å². The van der Waals surface area contributed by atoms with E-state index < -0.39 is 0 Å². The van der Waals surface area contributed by atoms with E-state index >= 15 is 0 Å². The van der Waals surface area contributed by atoms with Gasteiger partial charge < -0.3 is 10.6 Å². The quantitative estimate of drug-likeness (QED) is 0.692. The summed E-state index contributed by atoms with van der Waals surface area (Å²) in [5.41, 5.74) is 3.10. The van der Waals surface area contributed by atoms with Crippen molar-refractivity contribution >= 4 is 29.4 Å². The summed E-state index contributed by atoms with van der Waals surface area (Å²) in [5, 5.41) is 13.7. The maximum atomic E-state index is 12.5. The van der Waals surface area contributed by atoms with Gasteiger partial charge in [-0.1, -0.05) is 25.4 Å². The third-order valence-electron chi connectivity index (χ3n) is 5.73. The van der Waals surface area contributed by atoms with Gasteiger partial charge in [-0.3, -0.25) is 14.8 Å². The van der Waals surface area contributed by atoms with Gasteiger partial charge >= 0.3 is 6.03 Å². The van der Waals surface area contributed by atoms with Crippen molar-refractivity contribution in [2.75, 3.05) is 5.32 Å². The number of urea groups is 1. The first-order valence-corrected chi connectivity index (χ1v) is 10.6. The Morgan fingerprint density at radius 3 is 2.63 bits per heavy atom. The van der Waals surface area contributed by atoms with Crippen LogP contribution in [-0.2, 0) is 17.8 Å². The van der Waals surface area contributed by atoms with Crippen LogP contribution in [0.25, 0.3) is 11.1 Å². The van der Waals surface area contributed by atoms with Crippen LogP contribution in [0.1, 0.15) is 45.7 Å². The number of nitrogens with one attached hydrogen (secondary N) is 3. The van der Waals surface area contributed by atoms with Crippen molar-refractivity contribution < 1.29 is 9.59 Å². The van der Waals surface area contributed by atoms with Crippen molar-refractivity contribution in [2.45, 2.75) is 65.1 Å². The Hall–Kier alpha value is -2.61. The number of nitrogens with zero attached hydrogens (tertiary/aromatic N) is 3. The second-order valence-corrected chi connectivity index (χ2v) is 9.47. The molecule has 2 aromatic heterocycles. The largest absolute Gasteiger partial charge is 0.354 e. The summed E-state index contributed by atoms with van der Waals surface area (Å²) in [6, 6.07) is 1.61. The van der Waals surface area contributed by atoms with Crippen LogP contribution in [0, 0.1) is 5.41 Å². The normalized spacial score (nSPS) is 21.9. The van der Waals surface area contributed by atoms with Crippen LogP contribution in [0.15, 0.2) is 18.5 Å². The first kappa shape index (κ1) is 20.7. The summed E-state index contributed by atoms with van der Waals surface area (Å²) < 4.78 is 2.03. The van der Waals surface area contributed by atoms with Crippen molar-refractivity contribution in [2.24, 2.45) is 5.41 Å². The lowest BCUT2D eigenvalue weighted by Gasteiger charge is -2.15. The highest BCUT2D eigenvalue weighted by Gasteiger charge is 2.32. The summed E-state index contributed by atoms with van der Waals surface area (Å²) in [7, 11) is 0. The Bertz CT molecular complexity index is 986. The molecule has 0 unspecified atom stereocenters. The molecular weight excluding hydrogens is 404 g/mol. The molecule has 4 rings (SSSR count). The summed E-state index contributed by atoms with van der Waals surface area (Å²) in [4.78, 5) is 27.9. The number of rotatable bonds is 4. The van der Waals surface area contributed by atoms with Gasteiger partial charge in [0.2, 0.25) is 5.91 Å². The molecule has 2 atom stereocenters. The molecule has 0 bridgehead atoms. The average molecular weight is 431 g/mol. The monoisotopic (exact) mass is 430 g/mol. The van der Waals surface area contributed by atoms with Gasteiger partial charge in [0.25, 0.3) is 0 Å². The lowest BCUT2D eigenvalue weighted by Crippen LogP contribution is -2.38. The van der Waals surface area contributed by atoms with E-state index in [-0.39, 0.29) is 29.4 Å². The Kier molecular flexibility index (Phi) is 5.44. The molecule has 0 radical (unpaired) electrons. The van der Waals surface area contributed by atoms with Crippen LogP contribution in [-0.4, -0.2) is 38.8 Å². The van der Waals surface area contributed by atoms with E-state index in [4.69, 9.17) is 11.6 Å². The highest BCUT2D eigenvalue weighted by molar-refractivity contribution is 6.33. The second-order valence-electron chi connectivity index (χ2n) is 9.06. The van der Waals surface area contributed by atoms with E-state index in [1.807, 2.05) is 10.9 Å². The SMILES string of the molecule is CC(=O)N[C@H]1CC[C@H](NC(=O)Nc2cc(-c3cnn4c3CC(C)(C)C4)c(Cl)cn2)C1. The number of amides is 3. The minimum absolute atomic E-state index is 0.0230. The van der Waals surface area contributed by atoms with Crippen LogP contribution in [0.2, 0.25) is 5.02 Å². The van der Waals surface area contributed by atoms with Gasteiger partial charge in [0.15, 0.2) is 0 Å². The van der Waals surface area contributed by atoms with E-state index in [0.717, 1.165) is 49.0 Å². The van der Waals surface area contributed by atoms with E-state index in [9.17, 15) is 9.59 Å². The van der Waals surface area contributed by atoms with Crippen LogP contribution in [0.4, 0.5) is 10.6 Å². The number of pyridine rings is 1. The molecule has 1 fully saturated rings. The molecule has 8 nitrogen and oxygen atoms in total. The average Bonchev–Trinajstić information content (AvgIpc) is 3.30. The Morgan fingerprint density at radius 1 is 1.17 bits per heavy atom. The second kappa shape index (κ2) is 7.91. The maximum Gasteiger partial charge on any atom is 0.320 e. The summed E-state index contributed by atoms with van der Waals surface area (Å²) in [5.74, 6) is 0.388. The van der Waals surface area contributed by atoms with Gasteiger partial charge in [-0.25, -0.2) is 9.78 Å². The zero-order valence-corrected chi connectivity index (χ0v) is 18.2. The fourth-order valence-corrected chi connectivity index (χ4v) is 4.66. The van der Waals surface area contributed by atoms with Gasteiger partial charge in [0.1, 0.15) is 5.82 Å².